The first-order valence-corrected chi connectivity index (χ1v) is 23.5. The molecular weight excluding hydrogens is 689 g/mol. The summed E-state index contributed by atoms with van der Waals surface area (Å²) in [5, 5.41) is 9.12. The molecule has 0 aromatic heterocycles. The van der Waals surface area contributed by atoms with Crippen LogP contribution in [0, 0.1) is 20.9 Å². The predicted molar refractivity (Wildman–Crippen MR) is 239 cm³/mol. The van der Waals surface area contributed by atoms with Crippen molar-refractivity contribution in [2.24, 2.45) is 0 Å². The summed E-state index contributed by atoms with van der Waals surface area (Å²) in [4.78, 5) is 0. The average Bonchev–Trinajstić information content (AvgIpc) is 3.22. The van der Waals surface area contributed by atoms with Crippen molar-refractivity contribution in [1.82, 2.24) is 0 Å². The van der Waals surface area contributed by atoms with E-state index in [0.29, 0.717) is 26.4 Å². The van der Waals surface area contributed by atoms with E-state index in [0.717, 1.165) is 91.1 Å². The van der Waals surface area contributed by atoms with Crippen LogP contribution in [0.3, 0.4) is 0 Å². The largest absolute Gasteiger partial charge is 0.492 e. The average molecular weight is 765 g/mol. The van der Waals surface area contributed by atoms with Crippen LogP contribution in [-0.2, 0) is 0 Å². The minimum absolute atomic E-state index is 0.707. The fourth-order valence-corrected chi connectivity index (χ4v) is 8.47. The molecule has 4 heteroatoms. The molecule has 1 aliphatic rings. The highest BCUT2D eigenvalue weighted by Gasteiger charge is 2.26. The van der Waals surface area contributed by atoms with Gasteiger partial charge in [-0.2, -0.15) is 0 Å². The molecule has 0 aliphatic heterocycles. The molecule has 4 aromatic carbocycles. The molecule has 0 atom stereocenters. The molecule has 56 heavy (non-hydrogen) atoms. The van der Waals surface area contributed by atoms with Crippen LogP contribution in [0.4, 0.5) is 0 Å². The number of ether oxygens (including phenoxy) is 4. The number of unbranched alkanes of at least 4 members (excludes halogenated alkanes) is 20. The lowest BCUT2D eigenvalue weighted by atomic mass is 9.91. The van der Waals surface area contributed by atoms with Crippen LogP contribution >= 0.6 is 0 Å². The molecule has 0 amide bonds. The lowest BCUT2D eigenvalue weighted by molar-refractivity contribution is 0.289. The van der Waals surface area contributed by atoms with Crippen LogP contribution in [0.2, 0.25) is 0 Å². The Kier molecular flexibility index (Phi) is 19.6. The summed E-state index contributed by atoms with van der Waals surface area (Å²) in [6.07, 6.45) is 29.7. The zero-order valence-corrected chi connectivity index (χ0v) is 36.1. The summed E-state index contributed by atoms with van der Waals surface area (Å²) in [5.74, 6) is 3.91. The van der Waals surface area contributed by atoms with E-state index in [-0.39, 0.29) is 0 Å². The molecular formula is C52H76O4. The third-order valence-electron chi connectivity index (χ3n) is 11.7. The van der Waals surface area contributed by atoms with Crippen LogP contribution < -0.4 is 18.9 Å². The fraction of sp³-hybridized carbons (Fsp3) is 0.615. The summed E-state index contributed by atoms with van der Waals surface area (Å²) in [5.41, 5.74) is 0. The Morgan fingerprint density at radius 3 is 0.679 bits per heavy atom. The minimum Gasteiger partial charge on any atom is -0.492 e. The molecule has 4 aromatic rings. The number of benzene rings is 4. The van der Waals surface area contributed by atoms with Crippen LogP contribution in [0.15, 0.2) is 48.5 Å². The van der Waals surface area contributed by atoms with Gasteiger partial charge in [0.1, 0.15) is 23.0 Å². The summed E-state index contributed by atoms with van der Waals surface area (Å²) < 4.78 is 27.8. The second-order valence-electron chi connectivity index (χ2n) is 16.4. The van der Waals surface area contributed by atoms with Gasteiger partial charge in [0.05, 0.1) is 26.4 Å². The monoisotopic (exact) mass is 765 g/mol. The van der Waals surface area contributed by atoms with E-state index in [1.54, 1.807) is 0 Å². The second kappa shape index (κ2) is 25.1. The van der Waals surface area contributed by atoms with Crippen molar-refractivity contribution in [3.8, 4) is 23.0 Å². The van der Waals surface area contributed by atoms with Crippen molar-refractivity contribution in [2.75, 3.05) is 26.4 Å². The van der Waals surface area contributed by atoms with E-state index in [4.69, 9.17) is 18.9 Å². The topological polar surface area (TPSA) is 36.9 Å². The van der Waals surface area contributed by atoms with Gasteiger partial charge in [0.15, 0.2) is 0 Å². The normalized spacial score (nSPS) is 11.8. The predicted octanol–water partition coefficient (Wildman–Crippen LogP) is 15.8. The number of hydrogen-bond donors (Lipinski definition) is 0. The molecule has 0 N–H and O–H groups in total. The Labute approximate surface area is 340 Å². The zero-order valence-electron chi connectivity index (χ0n) is 36.1. The maximum Gasteiger partial charge on any atom is 0.136 e. The van der Waals surface area contributed by atoms with Gasteiger partial charge in [-0.15, -0.1) is 0 Å². The smallest absolute Gasteiger partial charge is 0.136 e. The summed E-state index contributed by atoms with van der Waals surface area (Å²) in [7, 11) is 0. The fourth-order valence-electron chi connectivity index (χ4n) is 8.47. The molecule has 0 heterocycles. The molecule has 0 spiro atoms. The molecule has 0 bridgehead atoms. The Balaban J connectivity index is 1.62. The van der Waals surface area contributed by atoms with Crippen molar-refractivity contribution in [3.05, 3.63) is 69.4 Å². The summed E-state index contributed by atoms with van der Waals surface area (Å²) in [6.45, 7) is 12.0. The van der Waals surface area contributed by atoms with E-state index < -0.39 is 0 Å². The zero-order chi connectivity index (χ0) is 39.2. The van der Waals surface area contributed by atoms with Gasteiger partial charge in [0, 0.05) is 42.4 Å². The number of hydrogen-bond acceptors (Lipinski definition) is 4. The minimum atomic E-state index is 0.707. The number of fused-ring (bicyclic) bond motifs is 4. The van der Waals surface area contributed by atoms with Gasteiger partial charge in [0.25, 0.3) is 0 Å². The highest BCUT2D eigenvalue weighted by molar-refractivity contribution is 5.98. The van der Waals surface area contributed by atoms with Crippen molar-refractivity contribution >= 4 is 21.5 Å². The first-order chi connectivity index (χ1) is 27.8. The maximum atomic E-state index is 6.96. The first kappa shape index (κ1) is 43.7. The van der Waals surface area contributed by atoms with Crippen LogP contribution in [-0.4, -0.2) is 26.4 Å². The first-order valence-electron chi connectivity index (χ1n) is 23.5. The molecule has 5 rings (SSSR count). The van der Waals surface area contributed by atoms with Crippen molar-refractivity contribution < 1.29 is 18.9 Å². The third-order valence-corrected chi connectivity index (χ3v) is 11.7. The summed E-state index contributed by atoms with van der Waals surface area (Å²) >= 11 is 0. The standard InChI is InChI=1S/C52H76O4/c1-5-9-13-17-21-29-37-53-49-41-33-25-26-34-42(41)50(54-38-30-22-18-14-10-6-2)46-45(49)47-48(46)52(56-40-32-24-20-16-12-8-4)44-36-28-27-35-43(44)51(47)55-39-31-23-19-15-11-7-3/h25-28,33-36H,5-24,29-32,37-40H2,1-4H3. The molecule has 0 saturated carbocycles. The van der Waals surface area contributed by atoms with Crippen molar-refractivity contribution in [2.45, 2.75) is 182 Å². The highest BCUT2D eigenvalue weighted by atomic mass is 16.5. The van der Waals surface area contributed by atoms with E-state index in [9.17, 15) is 0 Å². The van der Waals surface area contributed by atoms with Gasteiger partial charge in [0.2, 0.25) is 0 Å². The second-order valence-corrected chi connectivity index (χ2v) is 16.4. The van der Waals surface area contributed by atoms with Gasteiger partial charge in [-0.3, -0.25) is 0 Å². The molecule has 1 aliphatic carbocycles. The molecule has 4 nitrogen and oxygen atoms in total. The quantitative estimate of drug-likeness (QED) is 0.0409. The summed E-state index contributed by atoms with van der Waals surface area (Å²) in [6, 6.07) is 17.5. The SMILES string of the molecule is CCCCCCCCOc1c2c(c(OCCCCCCCC)c3ccccc13)=c1c(OCCCCCCCC)c3ccccc3c(OCCCCCCCC)c1=2. The van der Waals surface area contributed by atoms with E-state index in [1.807, 2.05) is 0 Å². The van der Waals surface area contributed by atoms with Crippen LogP contribution in [0.5, 0.6) is 23.0 Å². The van der Waals surface area contributed by atoms with Gasteiger partial charge in [-0.25, -0.2) is 0 Å². The van der Waals surface area contributed by atoms with Gasteiger partial charge in [-0.1, -0.05) is 205 Å². The van der Waals surface area contributed by atoms with Gasteiger partial charge in [-0.05, 0) is 25.7 Å². The highest BCUT2D eigenvalue weighted by Crippen LogP contribution is 2.47. The molecule has 0 saturated heterocycles. The van der Waals surface area contributed by atoms with E-state index in [1.165, 1.54) is 128 Å². The lowest BCUT2D eigenvalue weighted by Gasteiger charge is -2.24. The molecule has 0 fully saturated rings. The van der Waals surface area contributed by atoms with Gasteiger partial charge >= 0.3 is 0 Å². The Bertz CT molecular complexity index is 1630. The van der Waals surface area contributed by atoms with E-state index >= 15 is 0 Å². The van der Waals surface area contributed by atoms with Crippen LogP contribution in [0.1, 0.15) is 182 Å². The Morgan fingerprint density at radius 2 is 0.464 bits per heavy atom. The third kappa shape index (κ3) is 11.8. The van der Waals surface area contributed by atoms with Crippen LogP contribution in [0.25, 0.3) is 21.5 Å². The molecule has 0 unspecified atom stereocenters. The van der Waals surface area contributed by atoms with Crippen molar-refractivity contribution in [3.63, 3.8) is 0 Å². The maximum absolute atomic E-state index is 6.96. The lowest BCUT2D eigenvalue weighted by Crippen LogP contribution is -2.10. The number of rotatable bonds is 32. The van der Waals surface area contributed by atoms with E-state index in [2.05, 4.69) is 76.2 Å². The Morgan fingerprint density at radius 1 is 0.268 bits per heavy atom. The Hall–Kier alpha value is -3.40. The van der Waals surface area contributed by atoms with Crippen molar-refractivity contribution in [1.29, 1.82) is 0 Å². The van der Waals surface area contributed by atoms with Gasteiger partial charge < -0.3 is 18.9 Å². The molecule has 0 radical (unpaired) electrons. The molecule has 308 valence electrons.